The summed E-state index contributed by atoms with van der Waals surface area (Å²) in [6.45, 7) is 2.80. The topological polar surface area (TPSA) is 49.3 Å². The maximum Gasteiger partial charge on any atom is 0.255 e. The molecule has 2 heterocycles. The fourth-order valence-electron chi connectivity index (χ4n) is 2.40. The van der Waals surface area contributed by atoms with Crippen LogP contribution in [0.15, 0.2) is 36.7 Å². The van der Waals surface area contributed by atoms with Crippen molar-refractivity contribution < 1.29 is 4.79 Å². The van der Waals surface area contributed by atoms with E-state index in [0.717, 1.165) is 22.6 Å². The third-order valence-corrected chi connectivity index (χ3v) is 4.69. The lowest BCUT2D eigenvalue weighted by Crippen LogP contribution is -2.49. The lowest BCUT2D eigenvalue weighted by atomic mass is 10.2. The molecule has 0 bridgehead atoms. The summed E-state index contributed by atoms with van der Waals surface area (Å²) in [5.74, 6) is 0.769. The van der Waals surface area contributed by atoms with E-state index in [1.165, 1.54) is 0 Å². The molecule has 1 aliphatic rings. The van der Waals surface area contributed by atoms with E-state index < -0.39 is 0 Å². The molecule has 0 N–H and O–H groups in total. The second-order valence-corrected chi connectivity index (χ2v) is 6.55. The van der Waals surface area contributed by atoms with Crippen molar-refractivity contribution in [1.82, 2.24) is 14.9 Å². The van der Waals surface area contributed by atoms with E-state index in [1.807, 2.05) is 11.0 Å². The molecule has 1 fully saturated rings. The predicted octanol–water partition coefficient (Wildman–Crippen LogP) is 2.70. The summed E-state index contributed by atoms with van der Waals surface area (Å²) in [6, 6.07) is 7.15. The van der Waals surface area contributed by atoms with Gasteiger partial charge in [0, 0.05) is 47.2 Å². The highest BCUT2D eigenvalue weighted by molar-refractivity contribution is 14.1. The number of rotatable bonds is 2. The summed E-state index contributed by atoms with van der Waals surface area (Å²) >= 11 is 8.09. The zero-order valence-electron chi connectivity index (χ0n) is 11.7. The second-order valence-electron chi connectivity index (χ2n) is 4.95. The van der Waals surface area contributed by atoms with Crippen LogP contribution in [0.5, 0.6) is 0 Å². The predicted molar refractivity (Wildman–Crippen MR) is 94.3 cm³/mol. The summed E-state index contributed by atoms with van der Waals surface area (Å²) in [4.78, 5) is 25.1. The summed E-state index contributed by atoms with van der Waals surface area (Å²) in [5, 5.41) is 0.645. The molecule has 114 valence electrons. The Bertz CT molecular complexity index is 674. The van der Waals surface area contributed by atoms with Crippen molar-refractivity contribution in [2.75, 3.05) is 31.1 Å². The van der Waals surface area contributed by atoms with Crippen LogP contribution in [0.25, 0.3) is 0 Å². The van der Waals surface area contributed by atoms with Gasteiger partial charge in [-0.3, -0.25) is 4.79 Å². The van der Waals surface area contributed by atoms with Gasteiger partial charge in [0.2, 0.25) is 5.95 Å². The summed E-state index contributed by atoms with van der Waals surface area (Å²) < 4.78 is 0.879. The Kier molecular flexibility index (Phi) is 4.77. The monoisotopic (exact) mass is 428 g/mol. The van der Waals surface area contributed by atoms with Gasteiger partial charge in [-0.15, -0.1) is 0 Å². The number of carbonyl (C=O) groups is 1. The number of benzene rings is 1. The highest BCUT2D eigenvalue weighted by atomic mass is 127. The van der Waals surface area contributed by atoms with Gasteiger partial charge in [0.05, 0.1) is 5.56 Å². The Balaban J connectivity index is 1.67. The Morgan fingerprint density at radius 3 is 2.45 bits per heavy atom. The third kappa shape index (κ3) is 3.33. The molecule has 1 aliphatic heterocycles. The molecule has 2 aromatic rings. The minimum absolute atomic E-state index is 0.0506. The van der Waals surface area contributed by atoms with E-state index in [-0.39, 0.29) is 5.91 Å². The van der Waals surface area contributed by atoms with Gasteiger partial charge in [-0.1, -0.05) is 11.6 Å². The molecule has 7 heteroatoms. The molecule has 1 aromatic carbocycles. The van der Waals surface area contributed by atoms with Crippen LogP contribution in [0.2, 0.25) is 5.02 Å². The van der Waals surface area contributed by atoms with Gasteiger partial charge in [0.15, 0.2) is 0 Å². The van der Waals surface area contributed by atoms with Gasteiger partial charge in [-0.2, -0.15) is 0 Å². The number of piperazine rings is 1. The van der Waals surface area contributed by atoms with Crippen molar-refractivity contribution in [3.8, 4) is 0 Å². The van der Waals surface area contributed by atoms with Crippen LogP contribution in [0.1, 0.15) is 10.4 Å². The van der Waals surface area contributed by atoms with E-state index >= 15 is 0 Å². The molecule has 1 saturated heterocycles. The lowest BCUT2D eigenvalue weighted by molar-refractivity contribution is 0.0745. The van der Waals surface area contributed by atoms with E-state index in [1.54, 1.807) is 30.6 Å². The molecule has 1 amide bonds. The van der Waals surface area contributed by atoms with Gasteiger partial charge in [-0.25, -0.2) is 9.97 Å². The maximum atomic E-state index is 12.6. The number of aromatic nitrogens is 2. The second kappa shape index (κ2) is 6.78. The van der Waals surface area contributed by atoms with E-state index in [2.05, 4.69) is 37.5 Å². The molecule has 0 unspecified atom stereocenters. The Hall–Kier alpha value is -1.41. The van der Waals surface area contributed by atoms with Crippen molar-refractivity contribution in [1.29, 1.82) is 0 Å². The standard InChI is InChI=1S/C15H14ClIN4O/c16-11-2-3-12(13(17)10-11)14(22)20-6-8-21(9-7-20)15-18-4-1-5-19-15/h1-5,10H,6-9H2. The molecule has 0 atom stereocenters. The average Bonchev–Trinajstić information content (AvgIpc) is 2.55. The number of halogens is 2. The van der Waals surface area contributed by atoms with Crippen molar-refractivity contribution in [3.05, 3.63) is 50.8 Å². The van der Waals surface area contributed by atoms with Crippen LogP contribution in [-0.2, 0) is 0 Å². The van der Waals surface area contributed by atoms with Gasteiger partial charge < -0.3 is 9.80 Å². The largest absolute Gasteiger partial charge is 0.337 e. The third-order valence-electron chi connectivity index (χ3n) is 3.56. The van der Waals surface area contributed by atoms with Crippen LogP contribution in [0.4, 0.5) is 5.95 Å². The number of anilines is 1. The Labute approximate surface area is 147 Å². The summed E-state index contributed by atoms with van der Waals surface area (Å²) in [6.07, 6.45) is 3.46. The molecule has 0 spiro atoms. The molecule has 1 aromatic heterocycles. The van der Waals surface area contributed by atoms with Gasteiger partial charge in [-0.05, 0) is 46.9 Å². The number of hydrogen-bond acceptors (Lipinski definition) is 4. The zero-order chi connectivity index (χ0) is 15.5. The Morgan fingerprint density at radius 1 is 1.14 bits per heavy atom. The first-order valence-electron chi connectivity index (χ1n) is 6.91. The number of nitrogens with zero attached hydrogens (tertiary/aromatic N) is 4. The molecule has 22 heavy (non-hydrogen) atoms. The van der Waals surface area contributed by atoms with Gasteiger partial charge in [0.1, 0.15) is 0 Å². The first-order chi connectivity index (χ1) is 10.6. The van der Waals surface area contributed by atoms with Crippen molar-refractivity contribution >= 4 is 46.0 Å². The quantitative estimate of drug-likeness (QED) is 0.690. The van der Waals surface area contributed by atoms with Crippen LogP contribution >= 0.6 is 34.2 Å². The van der Waals surface area contributed by atoms with E-state index in [4.69, 9.17) is 11.6 Å². The molecule has 5 nitrogen and oxygen atoms in total. The fourth-order valence-corrected chi connectivity index (χ4v) is 3.50. The minimum Gasteiger partial charge on any atom is -0.337 e. The Morgan fingerprint density at radius 2 is 1.82 bits per heavy atom. The normalized spacial score (nSPS) is 15.0. The molecule has 3 rings (SSSR count). The van der Waals surface area contributed by atoms with Crippen LogP contribution in [-0.4, -0.2) is 47.0 Å². The molecule has 0 saturated carbocycles. The lowest BCUT2D eigenvalue weighted by Gasteiger charge is -2.34. The molecule has 0 radical (unpaired) electrons. The summed E-state index contributed by atoms with van der Waals surface area (Å²) in [7, 11) is 0. The zero-order valence-corrected chi connectivity index (χ0v) is 14.7. The first-order valence-corrected chi connectivity index (χ1v) is 8.37. The van der Waals surface area contributed by atoms with Crippen LogP contribution in [0.3, 0.4) is 0 Å². The SMILES string of the molecule is O=C(c1ccc(Cl)cc1I)N1CCN(c2ncccn2)CC1. The average molecular weight is 429 g/mol. The molecule has 0 aliphatic carbocycles. The molecular formula is C15H14ClIN4O. The number of hydrogen-bond donors (Lipinski definition) is 0. The van der Waals surface area contributed by atoms with Crippen molar-refractivity contribution in [2.45, 2.75) is 0 Å². The highest BCUT2D eigenvalue weighted by Crippen LogP contribution is 2.20. The van der Waals surface area contributed by atoms with Crippen LogP contribution in [0, 0.1) is 3.57 Å². The smallest absolute Gasteiger partial charge is 0.255 e. The number of carbonyl (C=O) groups excluding carboxylic acids is 1. The van der Waals surface area contributed by atoms with Gasteiger partial charge >= 0.3 is 0 Å². The fraction of sp³-hybridized carbons (Fsp3) is 0.267. The first kappa shape index (κ1) is 15.5. The highest BCUT2D eigenvalue weighted by Gasteiger charge is 2.24. The van der Waals surface area contributed by atoms with Crippen molar-refractivity contribution in [2.24, 2.45) is 0 Å². The van der Waals surface area contributed by atoms with Crippen LogP contribution < -0.4 is 4.90 Å². The molecular weight excluding hydrogens is 415 g/mol. The summed E-state index contributed by atoms with van der Waals surface area (Å²) in [5.41, 5.74) is 0.703. The van der Waals surface area contributed by atoms with E-state index in [9.17, 15) is 4.79 Å². The maximum absolute atomic E-state index is 12.6. The van der Waals surface area contributed by atoms with Gasteiger partial charge in [0.25, 0.3) is 5.91 Å². The van der Waals surface area contributed by atoms with E-state index in [0.29, 0.717) is 23.7 Å². The van der Waals surface area contributed by atoms with Crippen molar-refractivity contribution in [3.63, 3.8) is 0 Å². The minimum atomic E-state index is 0.0506. The number of amides is 1.